The van der Waals surface area contributed by atoms with Crippen LogP contribution in [0.15, 0.2) is 54.7 Å². The zero-order valence-corrected chi connectivity index (χ0v) is 19.6. The molecule has 0 spiro atoms. The Balaban J connectivity index is 1.57. The summed E-state index contributed by atoms with van der Waals surface area (Å²) in [6, 6.07) is 13.4. The first kappa shape index (κ1) is 24.8. The summed E-state index contributed by atoms with van der Waals surface area (Å²) in [6.45, 7) is 2.81. The number of aromatic nitrogens is 1. The van der Waals surface area contributed by atoms with Gasteiger partial charge in [-0.1, -0.05) is 23.7 Å². The largest absolute Gasteiger partial charge is 0.490 e. The van der Waals surface area contributed by atoms with E-state index in [1.165, 1.54) is 13.2 Å². The van der Waals surface area contributed by atoms with Crippen molar-refractivity contribution in [2.45, 2.75) is 13.5 Å². The molecule has 0 bridgehead atoms. The van der Waals surface area contributed by atoms with Crippen molar-refractivity contribution in [2.24, 2.45) is 5.73 Å². The van der Waals surface area contributed by atoms with E-state index in [-0.39, 0.29) is 11.6 Å². The van der Waals surface area contributed by atoms with E-state index in [2.05, 4.69) is 20.9 Å². The summed E-state index contributed by atoms with van der Waals surface area (Å²) in [5.41, 5.74) is 7.92. The van der Waals surface area contributed by atoms with Crippen LogP contribution in [0.2, 0.25) is 5.02 Å². The molecule has 9 nitrogen and oxygen atoms in total. The number of hydrogen-bond donors (Lipinski definition) is 4. The molecule has 34 heavy (non-hydrogen) atoms. The van der Waals surface area contributed by atoms with Crippen LogP contribution in [-0.4, -0.2) is 37.1 Å². The van der Waals surface area contributed by atoms with Gasteiger partial charge in [0.1, 0.15) is 29.5 Å². The third kappa shape index (κ3) is 6.84. The summed E-state index contributed by atoms with van der Waals surface area (Å²) < 4.78 is 11.4. The quantitative estimate of drug-likeness (QED) is 0.366. The van der Waals surface area contributed by atoms with E-state index in [1.54, 1.807) is 36.4 Å². The maximum Gasteiger partial charge on any atom is 0.319 e. The molecule has 178 valence electrons. The average Bonchev–Trinajstić information content (AvgIpc) is 2.84. The Morgan fingerprint density at radius 1 is 1.09 bits per heavy atom. The Kier molecular flexibility index (Phi) is 8.66. The molecule has 1 heterocycles. The molecule has 5 N–H and O–H groups in total. The number of pyridine rings is 1. The van der Waals surface area contributed by atoms with Crippen molar-refractivity contribution in [1.29, 1.82) is 0 Å². The number of nitrogens with one attached hydrogen (secondary N) is 3. The van der Waals surface area contributed by atoms with E-state index < -0.39 is 6.03 Å². The van der Waals surface area contributed by atoms with Gasteiger partial charge in [0.05, 0.1) is 5.69 Å². The zero-order valence-electron chi connectivity index (χ0n) is 18.9. The van der Waals surface area contributed by atoms with Crippen LogP contribution < -0.4 is 31.2 Å². The summed E-state index contributed by atoms with van der Waals surface area (Å²) in [7, 11) is 1.54. The number of amides is 3. The van der Waals surface area contributed by atoms with Gasteiger partial charge in [0.15, 0.2) is 0 Å². The van der Waals surface area contributed by atoms with Crippen molar-refractivity contribution in [2.75, 3.05) is 25.5 Å². The fourth-order valence-electron chi connectivity index (χ4n) is 2.93. The topological polar surface area (TPSA) is 128 Å². The fourth-order valence-corrected chi connectivity index (χ4v) is 3.09. The maximum absolute atomic E-state index is 12.4. The van der Waals surface area contributed by atoms with Gasteiger partial charge >= 0.3 is 6.03 Å². The Bertz CT molecular complexity index is 1150. The number of rotatable bonds is 9. The van der Waals surface area contributed by atoms with Crippen LogP contribution in [0.3, 0.4) is 0 Å². The smallest absolute Gasteiger partial charge is 0.319 e. The Hall–Kier alpha value is -3.82. The van der Waals surface area contributed by atoms with Crippen molar-refractivity contribution in [3.05, 3.63) is 76.6 Å². The SMILES string of the molecule is CNC(=O)c1cc(Oc2ccc(CNC(=O)Nc3cc(Cl)c(C)cc3OCCN)cc2)ccn1. The van der Waals surface area contributed by atoms with Gasteiger partial charge in [0, 0.05) is 37.4 Å². The number of nitrogens with zero attached hydrogens (tertiary/aromatic N) is 1. The molecule has 0 fully saturated rings. The van der Waals surface area contributed by atoms with Crippen molar-refractivity contribution < 1.29 is 19.1 Å². The lowest BCUT2D eigenvalue weighted by molar-refractivity contribution is 0.0958. The third-order valence-corrected chi connectivity index (χ3v) is 5.09. The number of nitrogens with two attached hydrogens (primary N) is 1. The van der Waals surface area contributed by atoms with Gasteiger partial charge in [-0.25, -0.2) is 4.79 Å². The second-order valence-corrected chi connectivity index (χ2v) is 7.65. The molecule has 3 aromatic rings. The van der Waals surface area contributed by atoms with Crippen LogP contribution in [0.25, 0.3) is 0 Å². The van der Waals surface area contributed by atoms with Gasteiger partial charge in [0.25, 0.3) is 5.91 Å². The van der Waals surface area contributed by atoms with E-state index in [9.17, 15) is 9.59 Å². The van der Waals surface area contributed by atoms with Gasteiger partial charge < -0.3 is 31.2 Å². The lowest BCUT2D eigenvalue weighted by atomic mass is 10.2. The van der Waals surface area contributed by atoms with Crippen LogP contribution in [0.4, 0.5) is 10.5 Å². The number of hydrogen-bond acceptors (Lipinski definition) is 6. The first-order chi connectivity index (χ1) is 16.4. The summed E-state index contributed by atoms with van der Waals surface area (Å²) in [4.78, 5) is 28.1. The summed E-state index contributed by atoms with van der Waals surface area (Å²) in [5.74, 6) is 1.28. The number of urea groups is 1. The minimum Gasteiger partial charge on any atom is -0.490 e. The number of halogens is 1. The molecule has 0 aliphatic rings. The highest BCUT2D eigenvalue weighted by Gasteiger charge is 2.11. The minimum absolute atomic E-state index is 0.262. The van der Waals surface area contributed by atoms with E-state index in [0.717, 1.165) is 11.1 Å². The van der Waals surface area contributed by atoms with E-state index >= 15 is 0 Å². The maximum atomic E-state index is 12.4. The van der Waals surface area contributed by atoms with Gasteiger partial charge in [-0.15, -0.1) is 0 Å². The average molecular weight is 484 g/mol. The molecule has 0 saturated heterocycles. The summed E-state index contributed by atoms with van der Waals surface area (Å²) in [5, 5.41) is 8.59. The molecule has 0 aliphatic heterocycles. The van der Waals surface area contributed by atoms with Crippen LogP contribution >= 0.6 is 11.6 Å². The lowest BCUT2D eigenvalue weighted by Gasteiger charge is -2.14. The van der Waals surface area contributed by atoms with E-state index in [4.69, 9.17) is 26.8 Å². The Morgan fingerprint density at radius 3 is 2.56 bits per heavy atom. The Morgan fingerprint density at radius 2 is 1.85 bits per heavy atom. The molecule has 0 unspecified atom stereocenters. The van der Waals surface area contributed by atoms with Crippen molar-refractivity contribution in [3.8, 4) is 17.2 Å². The van der Waals surface area contributed by atoms with Gasteiger partial charge in [-0.3, -0.25) is 9.78 Å². The number of anilines is 1. The molecular formula is C24H26ClN5O4. The third-order valence-electron chi connectivity index (χ3n) is 4.69. The standard InChI is InChI=1S/C24H26ClN5O4/c1-15-11-22(33-10-8-26)20(13-19(15)25)30-24(32)29-14-16-3-5-17(6-4-16)34-18-7-9-28-21(12-18)23(31)27-2/h3-7,9,11-13H,8,10,14,26H2,1-2H3,(H,27,31)(H2,29,30,32). The van der Waals surface area contributed by atoms with Crippen molar-refractivity contribution in [3.63, 3.8) is 0 Å². The number of carbonyl (C=O) groups excluding carboxylic acids is 2. The fraction of sp³-hybridized carbons (Fsp3) is 0.208. The highest BCUT2D eigenvalue weighted by Crippen LogP contribution is 2.31. The first-order valence-corrected chi connectivity index (χ1v) is 10.9. The molecule has 0 radical (unpaired) electrons. The molecule has 2 aromatic carbocycles. The second kappa shape index (κ2) is 11.9. The Labute approximate surface area is 202 Å². The molecule has 1 aromatic heterocycles. The normalized spacial score (nSPS) is 10.4. The number of carbonyl (C=O) groups is 2. The molecule has 0 aliphatic carbocycles. The lowest BCUT2D eigenvalue weighted by Crippen LogP contribution is -2.28. The van der Waals surface area contributed by atoms with E-state index in [0.29, 0.717) is 47.7 Å². The predicted molar refractivity (Wildman–Crippen MR) is 131 cm³/mol. The van der Waals surface area contributed by atoms with Crippen LogP contribution in [0.5, 0.6) is 17.2 Å². The minimum atomic E-state index is -0.406. The van der Waals surface area contributed by atoms with Crippen LogP contribution in [0.1, 0.15) is 21.6 Å². The monoisotopic (exact) mass is 483 g/mol. The molecule has 10 heteroatoms. The molecule has 3 amide bonds. The summed E-state index contributed by atoms with van der Waals surface area (Å²) in [6.07, 6.45) is 1.50. The molecule has 0 saturated carbocycles. The molecular weight excluding hydrogens is 458 g/mol. The molecule has 3 rings (SSSR count). The van der Waals surface area contributed by atoms with Crippen LogP contribution in [0, 0.1) is 6.92 Å². The van der Waals surface area contributed by atoms with Crippen molar-refractivity contribution in [1.82, 2.24) is 15.6 Å². The van der Waals surface area contributed by atoms with Gasteiger partial charge in [0.2, 0.25) is 0 Å². The second-order valence-electron chi connectivity index (χ2n) is 7.24. The highest BCUT2D eigenvalue weighted by atomic mass is 35.5. The van der Waals surface area contributed by atoms with Gasteiger partial charge in [-0.2, -0.15) is 0 Å². The molecule has 0 atom stereocenters. The highest BCUT2D eigenvalue weighted by molar-refractivity contribution is 6.31. The first-order valence-electron chi connectivity index (χ1n) is 10.5. The number of ether oxygens (including phenoxy) is 2. The number of benzene rings is 2. The van der Waals surface area contributed by atoms with E-state index in [1.807, 2.05) is 19.1 Å². The number of aryl methyl sites for hydroxylation is 1. The van der Waals surface area contributed by atoms with Crippen LogP contribution in [-0.2, 0) is 6.54 Å². The zero-order chi connectivity index (χ0) is 24.5. The summed E-state index contributed by atoms with van der Waals surface area (Å²) >= 11 is 6.19. The van der Waals surface area contributed by atoms with Crippen molar-refractivity contribution >= 4 is 29.2 Å². The predicted octanol–water partition coefficient (Wildman–Crippen LogP) is 3.85. The van der Waals surface area contributed by atoms with Gasteiger partial charge in [-0.05, 0) is 48.4 Å².